The van der Waals surface area contributed by atoms with E-state index >= 15 is 0 Å². The molecule has 0 aliphatic rings. The van der Waals surface area contributed by atoms with Gasteiger partial charge < -0.3 is 16.8 Å². The van der Waals surface area contributed by atoms with Gasteiger partial charge in [0.05, 0.1) is 0 Å². The molecule has 0 amide bonds. The van der Waals surface area contributed by atoms with Crippen molar-refractivity contribution in [3.63, 3.8) is 0 Å². The number of Topliss-reactive ketones (excluding diaryl/α,β-unsaturated/α-hetero) is 1. The van der Waals surface area contributed by atoms with Crippen molar-refractivity contribution in [2.75, 3.05) is 13.6 Å². The van der Waals surface area contributed by atoms with Crippen molar-refractivity contribution in [3.8, 4) is 0 Å². The number of aliphatic imine (C=N–C) groups is 1. The van der Waals surface area contributed by atoms with Gasteiger partial charge in [0.2, 0.25) is 0 Å². The van der Waals surface area contributed by atoms with E-state index < -0.39 is 0 Å². The maximum absolute atomic E-state index is 11.2. The highest BCUT2D eigenvalue weighted by atomic mass is 16.1. The quantitative estimate of drug-likeness (QED) is 0.385. The van der Waals surface area contributed by atoms with Crippen LogP contribution in [0.1, 0.15) is 26.2 Å². The van der Waals surface area contributed by atoms with Crippen molar-refractivity contribution >= 4 is 11.7 Å². The number of nitrogens with zero attached hydrogens (tertiary/aromatic N) is 1. The zero-order chi connectivity index (χ0) is 11.0. The molecule has 0 aromatic carbocycles. The monoisotopic (exact) mass is 200 g/mol. The lowest BCUT2D eigenvalue weighted by Gasteiger charge is -2.13. The minimum atomic E-state index is 0.0988. The average molecular weight is 200 g/mol. The Hall–Kier alpha value is -1.10. The normalized spacial score (nSPS) is 12.1. The minimum absolute atomic E-state index is 0.0988. The van der Waals surface area contributed by atoms with E-state index in [0.717, 1.165) is 6.42 Å². The zero-order valence-corrected chi connectivity index (χ0v) is 8.92. The lowest BCUT2D eigenvalue weighted by molar-refractivity contribution is -0.119. The standard InChI is InChI=1S/C9H20N4O/c1-3-8(14)6-7(12-2)4-5-13-9(10)11/h7,12H,3-6H2,1-2H3,(H4,10,11,13). The number of hydrogen-bond donors (Lipinski definition) is 3. The van der Waals surface area contributed by atoms with Gasteiger partial charge in [-0.05, 0) is 13.5 Å². The molecule has 5 N–H and O–H groups in total. The molecule has 0 rings (SSSR count). The van der Waals surface area contributed by atoms with Gasteiger partial charge in [0, 0.05) is 25.4 Å². The Morgan fingerprint density at radius 1 is 1.50 bits per heavy atom. The fraction of sp³-hybridized carbons (Fsp3) is 0.778. The summed E-state index contributed by atoms with van der Waals surface area (Å²) in [5.41, 5.74) is 10.4. The van der Waals surface area contributed by atoms with Crippen LogP contribution in [0.3, 0.4) is 0 Å². The fourth-order valence-electron chi connectivity index (χ4n) is 1.12. The Morgan fingerprint density at radius 3 is 2.57 bits per heavy atom. The molecule has 0 heterocycles. The van der Waals surface area contributed by atoms with Crippen molar-refractivity contribution in [1.82, 2.24) is 5.32 Å². The molecule has 0 aromatic heterocycles. The zero-order valence-electron chi connectivity index (χ0n) is 8.92. The Bertz CT molecular complexity index is 199. The summed E-state index contributed by atoms with van der Waals surface area (Å²) in [6.45, 7) is 2.43. The number of guanidine groups is 1. The second kappa shape index (κ2) is 7.32. The number of hydrogen-bond acceptors (Lipinski definition) is 3. The Balaban J connectivity index is 3.79. The highest BCUT2D eigenvalue weighted by Crippen LogP contribution is 2.01. The largest absolute Gasteiger partial charge is 0.370 e. The van der Waals surface area contributed by atoms with Crippen LogP contribution in [0.25, 0.3) is 0 Å². The van der Waals surface area contributed by atoms with Gasteiger partial charge in [-0.1, -0.05) is 6.92 Å². The Kier molecular flexibility index (Phi) is 6.74. The van der Waals surface area contributed by atoms with E-state index in [4.69, 9.17) is 11.5 Å². The molecule has 0 saturated heterocycles. The van der Waals surface area contributed by atoms with Gasteiger partial charge in [0.25, 0.3) is 0 Å². The number of carbonyl (C=O) groups excluding carboxylic acids is 1. The molecule has 1 unspecified atom stereocenters. The third-order valence-corrected chi connectivity index (χ3v) is 2.05. The van der Waals surface area contributed by atoms with Crippen LogP contribution < -0.4 is 16.8 Å². The minimum Gasteiger partial charge on any atom is -0.370 e. The lowest BCUT2D eigenvalue weighted by atomic mass is 10.1. The van der Waals surface area contributed by atoms with Gasteiger partial charge in [-0.3, -0.25) is 9.79 Å². The first-order valence-corrected chi connectivity index (χ1v) is 4.84. The van der Waals surface area contributed by atoms with Gasteiger partial charge in [-0.25, -0.2) is 0 Å². The summed E-state index contributed by atoms with van der Waals surface area (Å²) < 4.78 is 0. The van der Waals surface area contributed by atoms with Crippen LogP contribution in [0, 0.1) is 0 Å². The third-order valence-electron chi connectivity index (χ3n) is 2.05. The first-order valence-electron chi connectivity index (χ1n) is 4.84. The van der Waals surface area contributed by atoms with Crippen LogP contribution in [0.5, 0.6) is 0 Å². The first-order chi connectivity index (χ1) is 6.60. The molecule has 0 saturated carbocycles. The summed E-state index contributed by atoms with van der Waals surface area (Å²) in [5, 5.41) is 3.07. The molecule has 0 bridgehead atoms. The van der Waals surface area contributed by atoms with E-state index in [1.54, 1.807) is 0 Å². The van der Waals surface area contributed by atoms with Crippen LogP contribution >= 0.6 is 0 Å². The maximum Gasteiger partial charge on any atom is 0.185 e. The van der Waals surface area contributed by atoms with Crippen molar-refractivity contribution < 1.29 is 4.79 Å². The second-order valence-corrected chi connectivity index (χ2v) is 3.18. The van der Waals surface area contributed by atoms with Crippen LogP contribution in [-0.2, 0) is 4.79 Å². The van der Waals surface area contributed by atoms with Gasteiger partial charge in [-0.15, -0.1) is 0 Å². The smallest absolute Gasteiger partial charge is 0.185 e. The van der Waals surface area contributed by atoms with Crippen molar-refractivity contribution in [2.24, 2.45) is 16.5 Å². The molecule has 0 aromatic rings. The van der Waals surface area contributed by atoms with E-state index in [1.165, 1.54) is 0 Å². The van der Waals surface area contributed by atoms with Crippen molar-refractivity contribution in [1.29, 1.82) is 0 Å². The van der Waals surface area contributed by atoms with Gasteiger partial charge >= 0.3 is 0 Å². The number of nitrogens with two attached hydrogens (primary N) is 2. The molecular formula is C9H20N4O. The van der Waals surface area contributed by atoms with Gasteiger partial charge in [0.1, 0.15) is 5.78 Å². The van der Waals surface area contributed by atoms with Gasteiger partial charge in [0.15, 0.2) is 5.96 Å². The molecular weight excluding hydrogens is 180 g/mol. The van der Waals surface area contributed by atoms with Crippen LogP contribution in [0.15, 0.2) is 4.99 Å². The van der Waals surface area contributed by atoms with Gasteiger partial charge in [-0.2, -0.15) is 0 Å². The van der Waals surface area contributed by atoms with E-state index in [0.29, 0.717) is 19.4 Å². The maximum atomic E-state index is 11.2. The summed E-state index contributed by atoms with van der Waals surface area (Å²) >= 11 is 0. The van der Waals surface area contributed by atoms with E-state index in [1.807, 2.05) is 14.0 Å². The molecule has 0 aliphatic carbocycles. The number of ketones is 1. The molecule has 0 radical (unpaired) electrons. The second-order valence-electron chi connectivity index (χ2n) is 3.18. The molecule has 5 heteroatoms. The summed E-state index contributed by atoms with van der Waals surface area (Å²) in [7, 11) is 1.84. The number of rotatable bonds is 7. The number of nitrogens with one attached hydrogen (secondary N) is 1. The highest BCUT2D eigenvalue weighted by molar-refractivity contribution is 5.78. The summed E-state index contributed by atoms with van der Waals surface area (Å²) in [4.78, 5) is 15.0. The van der Waals surface area contributed by atoms with E-state index in [-0.39, 0.29) is 17.8 Å². The number of carbonyl (C=O) groups is 1. The highest BCUT2D eigenvalue weighted by Gasteiger charge is 2.09. The molecule has 14 heavy (non-hydrogen) atoms. The van der Waals surface area contributed by atoms with E-state index in [9.17, 15) is 4.79 Å². The van der Waals surface area contributed by atoms with Crippen LogP contribution in [0.4, 0.5) is 0 Å². The predicted octanol–water partition coefficient (Wildman–Crippen LogP) is -0.393. The molecule has 5 nitrogen and oxygen atoms in total. The summed E-state index contributed by atoms with van der Waals surface area (Å²) in [5.74, 6) is 0.357. The molecule has 0 spiro atoms. The van der Waals surface area contributed by atoms with Crippen molar-refractivity contribution in [3.05, 3.63) is 0 Å². The van der Waals surface area contributed by atoms with Crippen molar-refractivity contribution in [2.45, 2.75) is 32.2 Å². The molecule has 0 fully saturated rings. The molecule has 0 aliphatic heterocycles. The molecule has 1 atom stereocenters. The van der Waals surface area contributed by atoms with Crippen LogP contribution in [0.2, 0.25) is 0 Å². The first kappa shape index (κ1) is 12.9. The van der Waals surface area contributed by atoms with Crippen LogP contribution in [-0.4, -0.2) is 31.4 Å². The predicted molar refractivity (Wildman–Crippen MR) is 58.1 cm³/mol. The lowest BCUT2D eigenvalue weighted by Crippen LogP contribution is -2.29. The average Bonchev–Trinajstić information content (AvgIpc) is 2.15. The fourth-order valence-corrected chi connectivity index (χ4v) is 1.12. The Labute approximate surface area is 84.9 Å². The molecule has 82 valence electrons. The summed E-state index contributed by atoms with van der Waals surface area (Å²) in [6, 6.07) is 0.172. The topological polar surface area (TPSA) is 93.5 Å². The third kappa shape index (κ3) is 6.42. The SMILES string of the molecule is CCC(=O)CC(CCN=C(N)N)NC. The summed E-state index contributed by atoms with van der Waals surface area (Å²) in [6.07, 6.45) is 1.91. The van der Waals surface area contributed by atoms with E-state index in [2.05, 4.69) is 10.3 Å². The Morgan fingerprint density at radius 2 is 2.14 bits per heavy atom.